The second-order valence-corrected chi connectivity index (χ2v) is 8.72. The van der Waals surface area contributed by atoms with Crippen LogP contribution in [0.15, 0.2) is 72.8 Å². The van der Waals surface area contributed by atoms with Gasteiger partial charge in [-0.2, -0.15) is 0 Å². The Kier molecular flexibility index (Phi) is 4.77. The molecule has 0 N–H and O–H groups in total. The fourth-order valence-corrected chi connectivity index (χ4v) is 5.46. The maximum absolute atomic E-state index is 5.53. The monoisotopic (exact) mass is 448 g/mol. The van der Waals surface area contributed by atoms with Crippen LogP contribution in [0.4, 0.5) is 0 Å². The molecule has 0 bridgehead atoms. The molecule has 0 saturated heterocycles. The highest BCUT2D eigenvalue weighted by atomic mass is 16.5. The second-order valence-electron chi connectivity index (χ2n) is 8.72. The molecule has 0 unspecified atom stereocenters. The highest BCUT2D eigenvalue weighted by molar-refractivity contribution is 6.12. The van der Waals surface area contributed by atoms with Gasteiger partial charge < -0.3 is 18.6 Å². The summed E-state index contributed by atoms with van der Waals surface area (Å²) in [6.07, 6.45) is 0. The van der Waals surface area contributed by atoms with Crippen molar-refractivity contribution in [1.82, 2.24) is 9.13 Å². The van der Waals surface area contributed by atoms with Crippen LogP contribution in [0.25, 0.3) is 54.7 Å². The molecule has 0 aliphatic heterocycles. The lowest BCUT2D eigenvalue weighted by Gasteiger charge is -2.06. The van der Waals surface area contributed by atoms with Gasteiger partial charge in [0.25, 0.3) is 0 Å². The predicted octanol–water partition coefficient (Wildman–Crippen LogP) is 7.63. The first-order chi connectivity index (χ1) is 16.7. The van der Waals surface area contributed by atoms with E-state index in [1.165, 1.54) is 54.7 Å². The lowest BCUT2D eigenvalue weighted by atomic mass is 10.0. The van der Waals surface area contributed by atoms with Gasteiger partial charge in [-0.25, -0.2) is 0 Å². The topological polar surface area (TPSA) is 28.3 Å². The fourth-order valence-electron chi connectivity index (χ4n) is 5.46. The largest absolute Gasteiger partial charge is 0.497 e. The third kappa shape index (κ3) is 2.91. The highest BCUT2D eigenvalue weighted by Crippen LogP contribution is 2.37. The normalized spacial score (nSPS) is 11.8. The first-order valence-electron chi connectivity index (χ1n) is 11.9. The summed E-state index contributed by atoms with van der Waals surface area (Å²) >= 11 is 0. The molecule has 0 fully saturated rings. The standard InChI is InChI=1S/C30H28N2O2/c1-5-31-27-11-7-19(15-23(27)25-17-21(33-3)9-13-29(25)31)20-8-12-28-24(16-20)26-18-22(34-4)10-14-30(26)32(28)6-2/h7-18H,5-6H2,1-4H3. The van der Waals surface area contributed by atoms with Crippen molar-refractivity contribution in [3.8, 4) is 22.6 Å². The maximum Gasteiger partial charge on any atom is 0.119 e. The second kappa shape index (κ2) is 7.84. The lowest BCUT2D eigenvalue weighted by molar-refractivity contribution is 0.415. The van der Waals surface area contributed by atoms with Crippen LogP contribution in [-0.2, 0) is 13.1 Å². The molecule has 2 aromatic heterocycles. The average Bonchev–Trinajstić information content (AvgIpc) is 3.38. The van der Waals surface area contributed by atoms with E-state index in [1.807, 2.05) is 12.1 Å². The van der Waals surface area contributed by atoms with Crippen molar-refractivity contribution in [2.24, 2.45) is 0 Å². The number of rotatable bonds is 5. The Morgan fingerprint density at radius 2 is 0.853 bits per heavy atom. The quantitative estimate of drug-likeness (QED) is 0.271. The summed E-state index contributed by atoms with van der Waals surface area (Å²) in [5.41, 5.74) is 7.42. The minimum atomic E-state index is 0.885. The summed E-state index contributed by atoms with van der Waals surface area (Å²) in [5, 5.41) is 4.97. The van der Waals surface area contributed by atoms with Gasteiger partial charge in [0.1, 0.15) is 11.5 Å². The van der Waals surface area contributed by atoms with Crippen LogP contribution in [0, 0.1) is 0 Å². The van der Waals surface area contributed by atoms with Crippen molar-refractivity contribution in [2.45, 2.75) is 26.9 Å². The molecule has 0 atom stereocenters. The van der Waals surface area contributed by atoms with Crippen LogP contribution >= 0.6 is 0 Å². The van der Waals surface area contributed by atoms with Crippen LogP contribution in [-0.4, -0.2) is 23.4 Å². The van der Waals surface area contributed by atoms with Crippen LogP contribution in [0.5, 0.6) is 11.5 Å². The Morgan fingerprint density at radius 1 is 0.500 bits per heavy atom. The van der Waals surface area contributed by atoms with Crippen molar-refractivity contribution in [2.75, 3.05) is 14.2 Å². The molecule has 0 saturated carbocycles. The van der Waals surface area contributed by atoms with Gasteiger partial charge in [0.15, 0.2) is 0 Å². The first-order valence-corrected chi connectivity index (χ1v) is 11.9. The molecule has 2 heterocycles. The van der Waals surface area contributed by atoms with Gasteiger partial charge in [-0.15, -0.1) is 0 Å². The van der Waals surface area contributed by atoms with E-state index in [2.05, 4.69) is 83.6 Å². The number of aromatic nitrogens is 2. The van der Waals surface area contributed by atoms with E-state index in [1.54, 1.807) is 14.2 Å². The van der Waals surface area contributed by atoms with Crippen LogP contribution < -0.4 is 9.47 Å². The zero-order valence-corrected chi connectivity index (χ0v) is 20.1. The number of aryl methyl sites for hydroxylation is 2. The van der Waals surface area contributed by atoms with E-state index in [4.69, 9.17) is 9.47 Å². The summed E-state index contributed by atoms with van der Waals surface area (Å²) in [4.78, 5) is 0. The third-order valence-corrected chi connectivity index (χ3v) is 7.11. The van der Waals surface area contributed by atoms with Crippen molar-refractivity contribution in [3.63, 3.8) is 0 Å². The SMILES string of the molecule is CCn1c2ccc(OC)cc2c2cc(-c3ccc4c(c3)c3cc(OC)ccc3n4CC)ccc21. The molecule has 4 heteroatoms. The zero-order valence-electron chi connectivity index (χ0n) is 20.1. The number of benzene rings is 4. The summed E-state index contributed by atoms with van der Waals surface area (Å²) in [5.74, 6) is 1.77. The van der Waals surface area contributed by atoms with Crippen LogP contribution in [0.3, 0.4) is 0 Å². The molecule has 0 spiro atoms. The lowest BCUT2D eigenvalue weighted by Crippen LogP contribution is -1.93. The Bertz CT molecular complexity index is 1580. The van der Waals surface area contributed by atoms with Crippen molar-refractivity contribution >= 4 is 43.6 Å². The number of fused-ring (bicyclic) bond motifs is 6. The summed E-state index contributed by atoms with van der Waals surface area (Å²) in [7, 11) is 3.45. The minimum absolute atomic E-state index is 0.885. The highest BCUT2D eigenvalue weighted by Gasteiger charge is 2.14. The molecule has 0 amide bonds. The van der Waals surface area contributed by atoms with Crippen molar-refractivity contribution in [3.05, 3.63) is 72.8 Å². The van der Waals surface area contributed by atoms with Crippen molar-refractivity contribution < 1.29 is 9.47 Å². The summed E-state index contributed by atoms with van der Waals surface area (Å²) < 4.78 is 15.8. The molecule has 6 rings (SSSR count). The smallest absolute Gasteiger partial charge is 0.119 e. The Morgan fingerprint density at radius 3 is 1.21 bits per heavy atom. The minimum Gasteiger partial charge on any atom is -0.497 e. The van der Waals surface area contributed by atoms with Gasteiger partial charge in [0.05, 0.1) is 14.2 Å². The predicted molar refractivity (Wildman–Crippen MR) is 142 cm³/mol. The van der Waals surface area contributed by atoms with E-state index < -0.39 is 0 Å². The first kappa shape index (κ1) is 20.7. The number of methoxy groups -OCH3 is 2. The molecule has 6 aromatic rings. The van der Waals surface area contributed by atoms with Gasteiger partial charge in [-0.1, -0.05) is 12.1 Å². The van der Waals surface area contributed by atoms with E-state index in [9.17, 15) is 0 Å². The number of ether oxygens (including phenoxy) is 2. The zero-order chi connectivity index (χ0) is 23.4. The van der Waals surface area contributed by atoms with Crippen LogP contribution in [0.1, 0.15) is 13.8 Å². The molecule has 0 radical (unpaired) electrons. The average molecular weight is 449 g/mol. The molecule has 170 valence electrons. The van der Waals surface area contributed by atoms with Gasteiger partial charge >= 0.3 is 0 Å². The third-order valence-electron chi connectivity index (χ3n) is 7.11. The van der Waals surface area contributed by atoms with E-state index >= 15 is 0 Å². The van der Waals surface area contributed by atoms with Crippen LogP contribution in [0.2, 0.25) is 0 Å². The van der Waals surface area contributed by atoms with E-state index in [0.717, 1.165) is 24.6 Å². The van der Waals surface area contributed by atoms with Gasteiger partial charge in [-0.05, 0) is 85.6 Å². The van der Waals surface area contributed by atoms with Gasteiger partial charge in [0, 0.05) is 56.7 Å². The fraction of sp³-hybridized carbons (Fsp3) is 0.200. The molecule has 0 aliphatic carbocycles. The van der Waals surface area contributed by atoms with E-state index in [-0.39, 0.29) is 0 Å². The molecule has 0 aliphatic rings. The summed E-state index contributed by atoms with van der Waals surface area (Å²) in [6, 6.07) is 26.3. The molecular formula is C30H28N2O2. The van der Waals surface area contributed by atoms with Crippen molar-refractivity contribution in [1.29, 1.82) is 0 Å². The molecule has 34 heavy (non-hydrogen) atoms. The number of hydrogen-bond acceptors (Lipinski definition) is 2. The molecule has 4 nitrogen and oxygen atoms in total. The molecular weight excluding hydrogens is 420 g/mol. The van der Waals surface area contributed by atoms with Gasteiger partial charge in [-0.3, -0.25) is 0 Å². The number of hydrogen-bond donors (Lipinski definition) is 0. The Balaban J connectivity index is 1.60. The van der Waals surface area contributed by atoms with E-state index in [0.29, 0.717) is 0 Å². The number of nitrogens with zero attached hydrogens (tertiary/aromatic N) is 2. The Hall–Kier alpha value is -3.92. The Labute approximate surface area is 198 Å². The summed E-state index contributed by atoms with van der Waals surface area (Å²) in [6.45, 7) is 6.25. The molecule has 4 aromatic carbocycles. The van der Waals surface area contributed by atoms with Gasteiger partial charge in [0.2, 0.25) is 0 Å². The maximum atomic E-state index is 5.53.